The van der Waals surface area contributed by atoms with E-state index in [0.29, 0.717) is 17.8 Å². The van der Waals surface area contributed by atoms with E-state index in [1.807, 2.05) is 43.0 Å². The standard InChI is InChI=1S/C29H30N8/c1-29(2)16-31-10-8-24(29)36-28-25-21(17-5-6-17)14-32-15-23(25)35-27(37-28)19-7-11-33-26-20(19)12-22(34-26)18-4-3-9-30-13-18/h3-4,7,9,11-15,17,24,31H,5-6,8,10,16H2,1-2H3,(H,33,34)(H,35,36,37)/t24-/m0/s1. The summed E-state index contributed by atoms with van der Waals surface area (Å²) in [5, 5.41) is 9.52. The fraction of sp³-hybridized carbons (Fsp3) is 0.345. The second kappa shape index (κ2) is 8.59. The van der Waals surface area contributed by atoms with Gasteiger partial charge in [-0.25, -0.2) is 15.0 Å². The molecule has 8 heteroatoms. The minimum Gasteiger partial charge on any atom is -0.366 e. The molecular formula is C29H30N8. The quantitative estimate of drug-likeness (QED) is 0.307. The highest BCUT2D eigenvalue weighted by Gasteiger charge is 2.34. The molecule has 3 N–H and O–H groups in total. The van der Waals surface area contributed by atoms with E-state index < -0.39 is 0 Å². The summed E-state index contributed by atoms with van der Waals surface area (Å²) < 4.78 is 0. The molecule has 0 radical (unpaired) electrons. The molecule has 0 bridgehead atoms. The van der Waals surface area contributed by atoms with Crippen molar-refractivity contribution >= 4 is 27.8 Å². The van der Waals surface area contributed by atoms with E-state index in [1.54, 1.807) is 6.20 Å². The Labute approximate surface area is 215 Å². The molecule has 37 heavy (non-hydrogen) atoms. The van der Waals surface area contributed by atoms with E-state index in [1.165, 1.54) is 18.4 Å². The van der Waals surface area contributed by atoms with Gasteiger partial charge in [-0.3, -0.25) is 9.97 Å². The first-order valence-electron chi connectivity index (χ1n) is 13.1. The number of rotatable bonds is 5. The highest BCUT2D eigenvalue weighted by Crippen LogP contribution is 2.45. The Balaban J connectivity index is 1.40. The van der Waals surface area contributed by atoms with Crippen molar-refractivity contribution in [2.45, 2.75) is 45.1 Å². The van der Waals surface area contributed by atoms with E-state index in [-0.39, 0.29) is 5.41 Å². The molecule has 0 amide bonds. The first kappa shape index (κ1) is 22.3. The average Bonchev–Trinajstić information content (AvgIpc) is 3.67. The summed E-state index contributed by atoms with van der Waals surface area (Å²) in [6.45, 7) is 6.61. The fourth-order valence-electron chi connectivity index (χ4n) is 5.54. The zero-order chi connectivity index (χ0) is 25.0. The van der Waals surface area contributed by atoms with Crippen molar-refractivity contribution in [3.63, 3.8) is 0 Å². The lowest BCUT2D eigenvalue weighted by molar-refractivity contribution is 0.236. The van der Waals surface area contributed by atoms with Crippen molar-refractivity contribution in [3.05, 3.63) is 60.8 Å². The molecule has 186 valence electrons. The summed E-state index contributed by atoms with van der Waals surface area (Å²) in [6, 6.07) is 8.40. The van der Waals surface area contributed by atoms with Gasteiger partial charge in [-0.05, 0) is 67.0 Å². The number of aromatic amines is 1. The molecule has 8 nitrogen and oxygen atoms in total. The molecule has 2 aliphatic rings. The third kappa shape index (κ3) is 4.01. The van der Waals surface area contributed by atoms with E-state index >= 15 is 0 Å². The Morgan fingerprint density at radius 1 is 1.00 bits per heavy atom. The third-order valence-corrected chi connectivity index (χ3v) is 7.84. The van der Waals surface area contributed by atoms with Crippen LogP contribution in [0, 0.1) is 5.41 Å². The van der Waals surface area contributed by atoms with Crippen LogP contribution in [0.2, 0.25) is 0 Å². The molecule has 2 fully saturated rings. The number of pyridine rings is 3. The maximum absolute atomic E-state index is 5.21. The number of aromatic nitrogens is 6. The van der Waals surface area contributed by atoms with Crippen molar-refractivity contribution in [2.75, 3.05) is 18.4 Å². The van der Waals surface area contributed by atoms with E-state index in [4.69, 9.17) is 9.97 Å². The molecule has 0 spiro atoms. The lowest BCUT2D eigenvalue weighted by Gasteiger charge is -2.40. The van der Waals surface area contributed by atoms with Crippen LogP contribution >= 0.6 is 0 Å². The Bertz CT molecular complexity index is 1600. The number of nitrogens with one attached hydrogen (secondary N) is 3. The van der Waals surface area contributed by atoms with Crippen LogP contribution in [-0.4, -0.2) is 49.0 Å². The highest BCUT2D eigenvalue weighted by atomic mass is 15.1. The second-order valence-electron chi connectivity index (χ2n) is 11.0. The maximum Gasteiger partial charge on any atom is 0.163 e. The van der Waals surface area contributed by atoms with Crippen LogP contribution in [-0.2, 0) is 0 Å². The average molecular weight is 491 g/mol. The zero-order valence-corrected chi connectivity index (χ0v) is 21.1. The number of hydrogen-bond donors (Lipinski definition) is 3. The summed E-state index contributed by atoms with van der Waals surface area (Å²) >= 11 is 0. The Morgan fingerprint density at radius 3 is 2.73 bits per heavy atom. The minimum absolute atomic E-state index is 0.103. The SMILES string of the molecule is CC1(C)CNCC[C@@H]1Nc1nc(-c2ccnc3[nH]c(-c4cccnc4)cc23)nc2cncc(C3CC3)c12. The topological polar surface area (TPSA) is 104 Å². The summed E-state index contributed by atoms with van der Waals surface area (Å²) in [4.78, 5) is 27.1. The predicted molar refractivity (Wildman–Crippen MR) is 146 cm³/mol. The largest absolute Gasteiger partial charge is 0.366 e. The van der Waals surface area contributed by atoms with Gasteiger partial charge < -0.3 is 15.6 Å². The number of hydrogen-bond acceptors (Lipinski definition) is 7. The van der Waals surface area contributed by atoms with Crippen LogP contribution in [0.15, 0.2) is 55.2 Å². The normalized spacial score (nSPS) is 19.4. The molecule has 0 aromatic carbocycles. The molecule has 7 rings (SSSR count). The Morgan fingerprint density at radius 2 is 1.92 bits per heavy atom. The number of piperidine rings is 1. The maximum atomic E-state index is 5.21. The van der Waals surface area contributed by atoms with Gasteiger partial charge in [0.2, 0.25) is 0 Å². The lowest BCUT2D eigenvalue weighted by Crippen LogP contribution is -2.49. The van der Waals surface area contributed by atoms with Gasteiger partial charge >= 0.3 is 0 Å². The first-order chi connectivity index (χ1) is 18.1. The number of H-pyrrole nitrogens is 1. The molecule has 0 unspecified atom stereocenters. The molecule has 1 saturated heterocycles. The van der Waals surface area contributed by atoms with Gasteiger partial charge in [0.1, 0.15) is 11.5 Å². The summed E-state index contributed by atoms with van der Waals surface area (Å²) in [5.74, 6) is 2.14. The predicted octanol–water partition coefficient (Wildman–Crippen LogP) is 5.31. The number of fused-ring (bicyclic) bond motifs is 2. The van der Waals surface area contributed by atoms with Crippen LogP contribution in [0.3, 0.4) is 0 Å². The fourth-order valence-corrected chi connectivity index (χ4v) is 5.54. The van der Waals surface area contributed by atoms with Gasteiger partial charge in [0.15, 0.2) is 5.82 Å². The molecule has 1 saturated carbocycles. The summed E-state index contributed by atoms with van der Waals surface area (Å²) in [7, 11) is 0. The summed E-state index contributed by atoms with van der Waals surface area (Å²) in [6.07, 6.45) is 12.8. The Hall–Kier alpha value is -3.91. The molecule has 1 atom stereocenters. The first-order valence-corrected chi connectivity index (χ1v) is 13.1. The van der Waals surface area contributed by atoms with Crippen LogP contribution < -0.4 is 10.6 Å². The lowest BCUT2D eigenvalue weighted by atomic mass is 9.80. The molecule has 6 heterocycles. The van der Waals surface area contributed by atoms with E-state index in [2.05, 4.69) is 50.5 Å². The monoisotopic (exact) mass is 490 g/mol. The molecular weight excluding hydrogens is 460 g/mol. The molecule has 5 aromatic heterocycles. The number of anilines is 1. The minimum atomic E-state index is 0.103. The van der Waals surface area contributed by atoms with E-state index in [9.17, 15) is 0 Å². The van der Waals surface area contributed by atoms with Crippen molar-refractivity contribution in [1.82, 2.24) is 35.2 Å². The van der Waals surface area contributed by atoms with Crippen molar-refractivity contribution < 1.29 is 0 Å². The van der Waals surface area contributed by atoms with E-state index in [0.717, 1.165) is 64.1 Å². The third-order valence-electron chi connectivity index (χ3n) is 7.84. The smallest absolute Gasteiger partial charge is 0.163 e. The number of nitrogens with zero attached hydrogens (tertiary/aromatic N) is 5. The molecule has 1 aliphatic heterocycles. The van der Waals surface area contributed by atoms with Crippen molar-refractivity contribution in [3.8, 4) is 22.6 Å². The molecule has 5 aromatic rings. The zero-order valence-electron chi connectivity index (χ0n) is 21.1. The van der Waals surface area contributed by atoms with Gasteiger partial charge in [-0.2, -0.15) is 0 Å². The highest BCUT2D eigenvalue weighted by molar-refractivity contribution is 5.98. The van der Waals surface area contributed by atoms with Gasteiger partial charge in [0.05, 0.1) is 11.7 Å². The molecule has 1 aliphatic carbocycles. The van der Waals surface area contributed by atoms with Gasteiger partial charge in [0.25, 0.3) is 0 Å². The van der Waals surface area contributed by atoms with Gasteiger partial charge in [-0.15, -0.1) is 0 Å². The van der Waals surface area contributed by atoms with Crippen LogP contribution in [0.4, 0.5) is 5.82 Å². The Kier molecular flexibility index (Phi) is 5.18. The van der Waals surface area contributed by atoms with Gasteiger partial charge in [0, 0.05) is 65.0 Å². The van der Waals surface area contributed by atoms with Crippen molar-refractivity contribution in [1.29, 1.82) is 0 Å². The van der Waals surface area contributed by atoms with Crippen LogP contribution in [0.25, 0.3) is 44.6 Å². The van der Waals surface area contributed by atoms with Crippen molar-refractivity contribution in [2.24, 2.45) is 5.41 Å². The van der Waals surface area contributed by atoms with Crippen LogP contribution in [0.1, 0.15) is 44.6 Å². The summed E-state index contributed by atoms with van der Waals surface area (Å²) in [5.41, 5.74) is 5.99. The van der Waals surface area contributed by atoms with Gasteiger partial charge in [-0.1, -0.05) is 13.8 Å². The van der Waals surface area contributed by atoms with Crippen LogP contribution in [0.5, 0.6) is 0 Å². The second-order valence-corrected chi connectivity index (χ2v) is 11.0.